The Balaban J connectivity index is 1.49. The summed E-state index contributed by atoms with van der Waals surface area (Å²) in [6.07, 6.45) is 1.58. The number of likely N-dealkylation sites (N-methyl/N-ethyl adjacent to an activating group) is 1. The number of aryl methyl sites for hydroxylation is 1. The molecule has 1 saturated heterocycles. The number of allylic oxidation sites excluding steroid dienone is 1. The first-order chi connectivity index (χ1) is 14.8. The number of hydrogen-bond donors (Lipinski definition) is 1. The molecule has 2 aromatic carbocycles. The fourth-order valence-electron chi connectivity index (χ4n) is 4.35. The molecule has 0 radical (unpaired) electrons. The number of piperidine rings is 1. The maximum atomic E-state index is 13.0. The first-order valence-corrected chi connectivity index (χ1v) is 10.5. The van der Waals surface area contributed by atoms with Gasteiger partial charge in [0, 0.05) is 31.4 Å². The molecule has 31 heavy (non-hydrogen) atoms. The molecule has 2 aliphatic rings. The lowest BCUT2D eigenvalue weighted by Gasteiger charge is -2.31. The average Bonchev–Trinajstić information content (AvgIpc) is 3.05. The lowest BCUT2D eigenvalue weighted by atomic mass is 10.0. The number of carbonyl (C=O) groups excluding carboxylic acids is 3. The van der Waals surface area contributed by atoms with Crippen molar-refractivity contribution < 1.29 is 14.4 Å². The van der Waals surface area contributed by atoms with Crippen LogP contribution in [0.3, 0.4) is 0 Å². The van der Waals surface area contributed by atoms with Gasteiger partial charge in [0.1, 0.15) is 6.04 Å². The Labute approximate surface area is 182 Å². The Morgan fingerprint density at radius 1 is 1.23 bits per heavy atom. The molecule has 6 heteroatoms. The second kappa shape index (κ2) is 8.38. The predicted octanol–water partition coefficient (Wildman–Crippen LogP) is 2.94. The highest BCUT2D eigenvalue weighted by molar-refractivity contribution is 6.01. The van der Waals surface area contributed by atoms with E-state index in [9.17, 15) is 14.4 Å². The third-order valence-corrected chi connectivity index (χ3v) is 6.06. The van der Waals surface area contributed by atoms with E-state index in [1.54, 1.807) is 22.9 Å². The molecule has 6 nitrogen and oxygen atoms in total. The van der Waals surface area contributed by atoms with Crippen LogP contribution in [0.4, 0.5) is 0 Å². The second-order valence-electron chi connectivity index (χ2n) is 8.44. The lowest BCUT2D eigenvalue weighted by Crippen LogP contribution is -2.49. The second-order valence-corrected chi connectivity index (χ2v) is 8.44. The Hall–Kier alpha value is -3.41. The SMILES string of the molecule is C=C1CCC(N2Cc3c(CN(C)C(=O)Cc4cccc(C)c4)cccc3C2=O)C(=O)N1. The van der Waals surface area contributed by atoms with Crippen LogP contribution in [0.25, 0.3) is 0 Å². The summed E-state index contributed by atoms with van der Waals surface area (Å²) < 4.78 is 0. The van der Waals surface area contributed by atoms with Crippen LogP contribution in [0.15, 0.2) is 54.7 Å². The third kappa shape index (κ3) is 4.24. The van der Waals surface area contributed by atoms with Crippen LogP contribution in [0, 0.1) is 6.92 Å². The number of fused-ring (bicyclic) bond motifs is 1. The van der Waals surface area contributed by atoms with Crippen molar-refractivity contribution in [2.75, 3.05) is 7.05 Å². The predicted molar refractivity (Wildman–Crippen MR) is 118 cm³/mol. The average molecular weight is 418 g/mol. The highest BCUT2D eigenvalue weighted by Gasteiger charge is 2.38. The lowest BCUT2D eigenvalue weighted by molar-refractivity contribution is -0.129. The van der Waals surface area contributed by atoms with E-state index >= 15 is 0 Å². The highest BCUT2D eigenvalue weighted by atomic mass is 16.2. The molecule has 0 saturated carbocycles. The van der Waals surface area contributed by atoms with Crippen molar-refractivity contribution in [1.82, 2.24) is 15.1 Å². The molecule has 160 valence electrons. The van der Waals surface area contributed by atoms with Gasteiger partial charge >= 0.3 is 0 Å². The zero-order valence-electron chi connectivity index (χ0n) is 18.0. The summed E-state index contributed by atoms with van der Waals surface area (Å²) >= 11 is 0. The van der Waals surface area contributed by atoms with Gasteiger partial charge in [-0.3, -0.25) is 14.4 Å². The summed E-state index contributed by atoms with van der Waals surface area (Å²) in [5.41, 5.74) is 5.27. The van der Waals surface area contributed by atoms with E-state index in [4.69, 9.17) is 0 Å². The van der Waals surface area contributed by atoms with Gasteiger partial charge in [0.25, 0.3) is 5.91 Å². The molecular formula is C25H27N3O3. The molecule has 0 aromatic heterocycles. The topological polar surface area (TPSA) is 69.7 Å². The van der Waals surface area contributed by atoms with Crippen LogP contribution >= 0.6 is 0 Å². The van der Waals surface area contributed by atoms with Gasteiger partial charge in [-0.2, -0.15) is 0 Å². The van der Waals surface area contributed by atoms with Crippen LogP contribution in [-0.2, 0) is 29.1 Å². The largest absolute Gasteiger partial charge is 0.341 e. The Morgan fingerprint density at radius 2 is 2.00 bits per heavy atom. The van der Waals surface area contributed by atoms with Crippen molar-refractivity contribution >= 4 is 17.7 Å². The fourth-order valence-corrected chi connectivity index (χ4v) is 4.35. The van der Waals surface area contributed by atoms with E-state index in [0.717, 1.165) is 22.3 Å². The minimum atomic E-state index is -0.487. The Morgan fingerprint density at radius 3 is 2.74 bits per heavy atom. The molecule has 4 rings (SSSR count). The van der Waals surface area contributed by atoms with Gasteiger partial charge in [-0.25, -0.2) is 0 Å². The molecule has 1 fully saturated rings. The Kier molecular flexibility index (Phi) is 5.63. The number of carbonyl (C=O) groups is 3. The number of nitrogens with zero attached hydrogens (tertiary/aromatic N) is 2. The van der Waals surface area contributed by atoms with E-state index in [1.807, 2.05) is 43.3 Å². The van der Waals surface area contributed by atoms with Crippen molar-refractivity contribution in [3.8, 4) is 0 Å². The van der Waals surface area contributed by atoms with E-state index in [1.165, 1.54) is 0 Å². The van der Waals surface area contributed by atoms with E-state index in [-0.39, 0.29) is 17.7 Å². The Bertz CT molecular complexity index is 1080. The number of hydrogen-bond acceptors (Lipinski definition) is 3. The summed E-state index contributed by atoms with van der Waals surface area (Å²) in [5.74, 6) is -0.280. The first-order valence-electron chi connectivity index (χ1n) is 10.5. The van der Waals surface area contributed by atoms with Crippen molar-refractivity contribution in [3.05, 3.63) is 82.6 Å². The molecule has 2 heterocycles. The monoisotopic (exact) mass is 417 g/mol. The quantitative estimate of drug-likeness (QED) is 0.813. The number of amides is 3. The van der Waals surface area contributed by atoms with Gasteiger partial charge in [-0.15, -0.1) is 0 Å². The molecule has 3 amide bonds. The molecule has 2 aliphatic heterocycles. The van der Waals surface area contributed by atoms with E-state index in [0.29, 0.717) is 43.6 Å². The number of nitrogens with one attached hydrogen (secondary N) is 1. The van der Waals surface area contributed by atoms with Crippen molar-refractivity contribution in [1.29, 1.82) is 0 Å². The van der Waals surface area contributed by atoms with E-state index < -0.39 is 6.04 Å². The van der Waals surface area contributed by atoms with Crippen LogP contribution < -0.4 is 5.32 Å². The standard InChI is InChI=1S/C25H27N3O3/c1-16-6-4-7-18(12-16)13-23(29)27(3)14-19-8-5-9-20-21(19)15-28(25(20)31)22-11-10-17(2)26-24(22)30/h4-9,12,22H,2,10-11,13-15H2,1,3H3,(H,26,30). The van der Waals surface area contributed by atoms with Crippen LogP contribution in [0.5, 0.6) is 0 Å². The first kappa shape index (κ1) is 20.8. The normalized spacial score (nSPS) is 18.1. The maximum Gasteiger partial charge on any atom is 0.255 e. The summed E-state index contributed by atoms with van der Waals surface area (Å²) in [6.45, 7) is 6.62. The molecule has 1 atom stereocenters. The zero-order valence-corrected chi connectivity index (χ0v) is 18.0. The summed E-state index contributed by atoms with van der Waals surface area (Å²) in [5, 5.41) is 2.76. The van der Waals surface area contributed by atoms with E-state index in [2.05, 4.69) is 11.9 Å². The molecule has 2 aromatic rings. The summed E-state index contributed by atoms with van der Waals surface area (Å²) in [6, 6.07) is 13.1. The van der Waals surface area contributed by atoms with Crippen LogP contribution in [-0.4, -0.2) is 40.6 Å². The molecule has 0 spiro atoms. The fraction of sp³-hybridized carbons (Fsp3) is 0.320. The molecule has 0 bridgehead atoms. The van der Waals surface area contributed by atoms with Gasteiger partial charge in [0.2, 0.25) is 11.8 Å². The van der Waals surface area contributed by atoms with Crippen LogP contribution in [0.2, 0.25) is 0 Å². The van der Waals surface area contributed by atoms with Gasteiger partial charge in [0.05, 0.1) is 6.42 Å². The minimum absolute atomic E-state index is 0.0227. The molecular weight excluding hydrogens is 390 g/mol. The van der Waals surface area contributed by atoms with Crippen LogP contribution in [0.1, 0.15) is 45.5 Å². The third-order valence-electron chi connectivity index (χ3n) is 6.06. The highest BCUT2D eigenvalue weighted by Crippen LogP contribution is 2.31. The van der Waals surface area contributed by atoms with Gasteiger partial charge in [-0.1, -0.05) is 48.5 Å². The van der Waals surface area contributed by atoms with Crippen molar-refractivity contribution in [3.63, 3.8) is 0 Å². The van der Waals surface area contributed by atoms with Crippen molar-refractivity contribution in [2.24, 2.45) is 0 Å². The molecule has 1 N–H and O–H groups in total. The van der Waals surface area contributed by atoms with Gasteiger partial charge < -0.3 is 15.1 Å². The maximum absolute atomic E-state index is 13.0. The summed E-state index contributed by atoms with van der Waals surface area (Å²) in [7, 11) is 1.78. The van der Waals surface area contributed by atoms with Crippen molar-refractivity contribution in [2.45, 2.75) is 45.3 Å². The smallest absolute Gasteiger partial charge is 0.255 e. The van der Waals surface area contributed by atoms with Gasteiger partial charge in [-0.05, 0) is 42.5 Å². The number of benzene rings is 2. The minimum Gasteiger partial charge on any atom is -0.341 e. The summed E-state index contributed by atoms with van der Waals surface area (Å²) in [4.78, 5) is 41.5. The van der Waals surface area contributed by atoms with Gasteiger partial charge in [0.15, 0.2) is 0 Å². The number of rotatable bonds is 5. The molecule has 1 unspecified atom stereocenters. The zero-order chi connectivity index (χ0) is 22.1. The molecule has 0 aliphatic carbocycles.